The van der Waals surface area contributed by atoms with Gasteiger partial charge in [0.05, 0.1) is 43.2 Å². The fraction of sp³-hybridized carbons (Fsp3) is 0.727. The maximum Gasteiger partial charge on any atom is 0.336 e. The van der Waals surface area contributed by atoms with Crippen molar-refractivity contribution < 1.29 is 116 Å². The number of hydrogen-bond donors (Lipinski definition) is 23. The Kier molecular flexibility index (Phi) is 55.1. The Balaban J connectivity index is 1.53. The minimum atomic E-state index is -1.65. The molecule has 0 radical (unpaired) electrons. The minimum Gasteiger partial charge on any atom is -0.481 e. The van der Waals surface area contributed by atoms with Crippen molar-refractivity contribution in [2.24, 2.45) is 70.5 Å². The molecule has 26 N–H and O–H groups in total. The number of nitrogens with one attached hydrogen (secondary N) is 18. The summed E-state index contributed by atoms with van der Waals surface area (Å²) in [4.78, 5) is 312. The molecule has 2 aliphatic rings. The van der Waals surface area contributed by atoms with Crippen molar-refractivity contribution >= 4 is 124 Å². The number of aliphatic hydroxyl groups excluding tert-OH is 1. The monoisotopic (exact) mass is 2090 g/mol. The standard InChI is InChI=1S/C99H167N25O24/c1-21-57(17)80(95(143)108-59(19)82(130)110-65(33-34-75(128)129)86(134)111-63(29-23-25-35-100)85(133)117-70(41-52(7)8)99(147)148-60(20)126)122-94(142)78(55(13)14)119-91(139)73-32-28-38-124(73)98(146)79(56(15)16)120-88(136)68(43-62-45-104-49-107-62)114-90(138)72-31-27-37-123(72)97(145)69(40-51(5)6)116-93(141)77(54(11)12)118-87(135)67(42-61-44-103-48-106-61)113-84(132)64(30-24-26-36-101)112-96(144)81(58(18)22-2)121-89(137)71(47-125)109-74(127)46-105-83(131)66(39-50(3)4)115-92(140)76(102)53(9)10/h44-45,48-59,63-73,76-81,125H,21-43,46-47,100-102H2,1-20H3,(H,103,106)(H,104,107)(H,105,131)(H,108,143)(H,109,127)(H,110,130)(H,111,134)(H,112,144)(H,113,132)(H,114,138)(H,115,140)(H,116,141)(H,117,133)(H,118,135)(H,119,139)(H,120,136)(H,121,137)(H,122,142)(H,128,129)/t57-,58-,59-,63-,64-,65-,66-,67-,68-,69-,70-,71-,72-,73-,76-,77-,78-,79-,80-,81-/m0/s1. The van der Waals surface area contributed by atoms with Crippen LogP contribution < -0.4 is 102 Å². The highest BCUT2D eigenvalue weighted by atomic mass is 16.6. The second-order valence-electron chi connectivity index (χ2n) is 41.2. The SMILES string of the molecule is CC[C@H](C)[C@H](NC(=O)[C@H](CO)NC(=O)CNC(=O)[C@H](CC(C)C)NC(=O)[C@@H](N)C(C)C)C(=O)N[C@@H](CCCCN)C(=O)N[C@@H](Cc1c[nH]cn1)C(=O)N[C@H](C(=O)N[C@@H](CC(C)C)C(=O)N1CCC[C@H]1C(=O)N[C@@H](Cc1c[nH]cn1)C(=O)N[C@H](C(=O)N1CCC[C@H]1C(=O)N[C@H](C(=O)N[C@H](C(=O)N[C@@H](C)C(=O)N[C@@H](CCC(=O)O)C(=O)N[C@@H](CCCCN)C(=O)N[C@@H](CC(C)C)C(=O)OC(C)=O)[C@@H](C)CC)C(C)C)C(C)C)C(C)C. The highest BCUT2D eigenvalue weighted by Crippen LogP contribution is 2.26. The van der Waals surface area contributed by atoms with E-state index in [2.05, 4.69) is 105 Å². The number of aromatic amines is 2. The number of likely N-dealkylation sites (tertiary alicyclic amines) is 2. The number of nitrogens with zero attached hydrogens (tertiary/aromatic N) is 4. The Hall–Kier alpha value is -12.7. The van der Waals surface area contributed by atoms with E-state index in [9.17, 15) is 101 Å². The van der Waals surface area contributed by atoms with Gasteiger partial charge in [-0.1, -0.05) is 137 Å². The largest absolute Gasteiger partial charge is 0.481 e. The molecular weight excluding hydrogens is 1920 g/mol. The number of aromatic nitrogens is 4. The van der Waals surface area contributed by atoms with Crippen molar-refractivity contribution in [3.05, 3.63) is 36.4 Å². The lowest BCUT2D eigenvalue weighted by molar-refractivity contribution is -0.161. The summed E-state index contributed by atoms with van der Waals surface area (Å²) in [6, 6.07) is -24.4. The van der Waals surface area contributed by atoms with E-state index < -0.39 is 289 Å². The van der Waals surface area contributed by atoms with E-state index in [0.29, 0.717) is 44.2 Å². The topological polar surface area (TPSA) is 743 Å². The third-order valence-electron chi connectivity index (χ3n) is 25.9. The quantitative estimate of drug-likeness (QED) is 0.0188. The number of ether oxygens (including phenoxy) is 1. The molecule has 0 spiro atoms. The number of carbonyl (C=O) groups is 21. The number of H-pyrrole nitrogens is 2. The van der Waals surface area contributed by atoms with Crippen molar-refractivity contribution in [3.8, 4) is 0 Å². The molecule has 0 aromatic carbocycles. The third-order valence-corrected chi connectivity index (χ3v) is 25.9. The van der Waals surface area contributed by atoms with Crippen LogP contribution in [0.5, 0.6) is 0 Å². The summed E-state index contributed by atoms with van der Waals surface area (Å²) in [6.45, 7) is 31.9. The Morgan fingerprint density at radius 1 is 0.405 bits per heavy atom. The van der Waals surface area contributed by atoms with E-state index >= 15 is 9.59 Å². The van der Waals surface area contributed by atoms with Gasteiger partial charge in [0.2, 0.25) is 106 Å². The Bertz CT molecular complexity index is 4730. The van der Waals surface area contributed by atoms with Crippen molar-refractivity contribution in [1.82, 2.24) is 115 Å². The molecule has 4 rings (SSSR count). The van der Waals surface area contributed by atoms with Gasteiger partial charge in [-0.2, -0.15) is 0 Å². The molecule has 832 valence electrons. The van der Waals surface area contributed by atoms with Gasteiger partial charge < -0.3 is 137 Å². The molecule has 0 bridgehead atoms. The minimum absolute atomic E-state index is 0.0213. The van der Waals surface area contributed by atoms with Crippen LogP contribution in [0, 0.1) is 53.3 Å². The van der Waals surface area contributed by atoms with E-state index in [1.165, 1.54) is 41.8 Å². The summed E-state index contributed by atoms with van der Waals surface area (Å²) >= 11 is 0. The van der Waals surface area contributed by atoms with Crippen LogP contribution in [0.15, 0.2) is 25.0 Å². The van der Waals surface area contributed by atoms with Crippen LogP contribution in [0.4, 0.5) is 0 Å². The molecule has 2 fully saturated rings. The lowest BCUT2D eigenvalue weighted by Crippen LogP contribution is -2.62. The molecule has 49 nitrogen and oxygen atoms in total. The van der Waals surface area contributed by atoms with Gasteiger partial charge in [0, 0.05) is 51.7 Å². The first kappa shape index (κ1) is 128. The summed E-state index contributed by atoms with van der Waals surface area (Å²) in [5.74, 6) is -22.3. The first-order valence-corrected chi connectivity index (χ1v) is 51.7. The van der Waals surface area contributed by atoms with Crippen molar-refractivity contribution in [2.45, 2.75) is 369 Å². The average molecular weight is 2090 g/mol. The number of aliphatic hydroxyl groups is 1. The molecule has 2 saturated heterocycles. The van der Waals surface area contributed by atoms with Gasteiger partial charge in [-0.3, -0.25) is 95.9 Å². The smallest absolute Gasteiger partial charge is 0.336 e. The highest BCUT2D eigenvalue weighted by Gasteiger charge is 2.46. The van der Waals surface area contributed by atoms with E-state index in [1.54, 1.807) is 111 Å². The first-order chi connectivity index (χ1) is 69.6. The summed E-state index contributed by atoms with van der Waals surface area (Å²) in [6.07, 6.45) is 6.95. The molecule has 0 unspecified atom stereocenters. The van der Waals surface area contributed by atoms with E-state index in [4.69, 9.17) is 21.9 Å². The zero-order chi connectivity index (χ0) is 111. The van der Waals surface area contributed by atoms with Crippen LogP contribution in [0.3, 0.4) is 0 Å². The average Bonchev–Trinajstić information content (AvgIpc) is 1.66. The van der Waals surface area contributed by atoms with E-state index in [-0.39, 0.29) is 126 Å². The van der Waals surface area contributed by atoms with Gasteiger partial charge in [0.1, 0.15) is 103 Å². The summed E-state index contributed by atoms with van der Waals surface area (Å²) < 4.78 is 4.76. The molecule has 0 aliphatic carbocycles. The number of amides is 18. The molecule has 0 saturated carbocycles. The van der Waals surface area contributed by atoms with Gasteiger partial charge in [-0.15, -0.1) is 0 Å². The number of imidazole rings is 2. The fourth-order valence-electron chi connectivity index (χ4n) is 16.8. The molecule has 49 heteroatoms. The number of hydrogen-bond acceptors (Lipinski definition) is 28. The van der Waals surface area contributed by atoms with Crippen molar-refractivity contribution in [2.75, 3.05) is 39.3 Å². The van der Waals surface area contributed by atoms with Crippen LogP contribution in [0.2, 0.25) is 0 Å². The van der Waals surface area contributed by atoms with Crippen LogP contribution in [-0.4, -0.2) is 312 Å². The number of aliphatic carboxylic acids is 1. The summed E-state index contributed by atoms with van der Waals surface area (Å²) in [5, 5.41) is 62.4. The third kappa shape index (κ3) is 42.2. The molecule has 2 aliphatic heterocycles. The number of rotatable bonds is 65. The second-order valence-corrected chi connectivity index (χ2v) is 41.2. The summed E-state index contributed by atoms with van der Waals surface area (Å²) in [5.41, 5.74) is 18.2. The van der Waals surface area contributed by atoms with E-state index in [0.717, 1.165) is 6.92 Å². The predicted molar refractivity (Wildman–Crippen MR) is 543 cm³/mol. The Labute approximate surface area is 866 Å². The number of nitrogens with two attached hydrogens (primary N) is 3. The van der Waals surface area contributed by atoms with Gasteiger partial charge >= 0.3 is 17.9 Å². The normalized spacial score (nSPS) is 17.2. The first-order valence-electron chi connectivity index (χ1n) is 51.7. The lowest BCUT2D eigenvalue weighted by atomic mass is 9.96. The fourth-order valence-corrected chi connectivity index (χ4v) is 16.8. The van der Waals surface area contributed by atoms with Gasteiger partial charge in [-0.25, -0.2) is 14.8 Å². The van der Waals surface area contributed by atoms with Crippen molar-refractivity contribution in [1.29, 1.82) is 0 Å². The van der Waals surface area contributed by atoms with Gasteiger partial charge in [-0.05, 0) is 163 Å². The summed E-state index contributed by atoms with van der Waals surface area (Å²) in [7, 11) is 0. The van der Waals surface area contributed by atoms with Crippen LogP contribution in [-0.2, 0) is 118 Å². The highest BCUT2D eigenvalue weighted by molar-refractivity contribution is 6.02. The molecule has 20 atom stereocenters. The zero-order valence-electron chi connectivity index (χ0n) is 89.5. The lowest BCUT2D eigenvalue weighted by Gasteiger charge is -2.33. The molecule has 148 heavy (non-hydrogen) atoms. The maximum atomic E-state index is 15.2. The zero-order valence-corrected chi connectivity index (χ0v) is 89.5. The van der Waals surface area contributed by atoms with Crippen molar-refractivity contribution in [3.63, 3.8) is 0 Å². The predicted octanol–water partition coefficient (Wildman–Crippen LogP) is -2.31. The van der Waals surface area contributed by atoms with E-state index in [1.807, 2.05) is 13.8 Å². The number of esters is 2. The Morgan fingerprint density at radius 3 is 1.24 bits per heavy atom. The second kappa shape index (κ2) is 63.9. The molecular formula is C99H167N25O24. The maximum absolute atomic E-state index is 15.2. The van der Waals surface area contributed by atoms with Crippen LogP contribution in [0.25, 0.3) is 0 Å². The van der Waals surface area contributed by atoms with Crippen LogP contribution in [0.1, 0.15) is 259 Å². The number of carbonyl (C=O) groups excluding carboxylic acids is 20. The molecule has 2 aromatic heterocycles. The molecule has 2 aromatic rings. The molecule has 18 amide bonds. The number of unbranched alkanes of at least 4 members (excludes halogenated alkanes) is 2. The van der Waals surface area contributed by atoms with Gasteiger partial charge in [0.25, 0.3) is 0 Å². The van der Waals surface area contributed by atoms with Gasteiger partial charge in [0.15, 0.2) is 0 Å². The number of carboxylic acid groups (broad SMARTS) is 1. The number of carboxylic acids is 1. The van der Waals surface area contributed by atoms with Crippen LogP contribution >= 0.6 is 0 Å². The molecule has 4 heterocycles. The Morgan fingerprint density at radius 2 is 0.784 bits per heavy atom.